The van der Waals surface area contributed by atoms with Crippen LogP contribution in [0.25, 0.3) is 0 Å². The maximum Gasteiger partial charge on any atom is 0.266 e. The predicted molar refractivity (Wildman–Crippen MR) is 93.1 cm³/mol. The van der Waals surface area contributed by atoms with E-state index in [0.717, 1.165) is 54.4 Å². The highest BCUT2D eigenvalue weighted by Gasteiger charge is 2.41. The van der Waals surface area contributed by atoms with Crippen LogP contribution in [0.3, 0.4) is 0 Å². The minimum atomic E-state index is 0.116. The average Bonchev–Trinajstić information content (AvgIpc) is 2.68. The molecule has 0 aromatic carbocycles. The quantitative estimate of drug-likeness (QED) is 0.826. The minimum absolute atomic E-state index is 0.116. The summed E-state index contributed by atoms with van der Waals surface area (Å²) in [5.41, 5.74) is 0.838. The van der Waals surface area contributed by atoms with Crippen molar-refractivity contribution in [3.8, 4) is 0 Å². The Labute approximate surface area is 147 Å². The molecule has 0 radical (unpaired) electrons. The fraction of sp³-hybridized carbons (Fsp3) is 0.722. The van der Waals surface area contributed by atoms with Gasteiger partial charge in [-0.3, -0.25) is 9.59 Å². The van der Waals surface area contributed by atoms with Gasteiger partial charge < -0.3 is 9.80 Å². The molecule has 2 atom stereocenters. The van der Waals surface area contributed by atoms with Crippen molar-refractivity contribution in [1.29, 1.82) is 0 Å². The Bertz CT molecular complexity index is 667. The summed E-state index contributed by atoms with van der Waals surface area (Å²) in [6.07, 6.45) is 5.43. The zero-order valence-corrected chi connectivity index (χ0v) is 15.3. The molecule has 3 saturated heterocycles. The van der Waals surface area contributed by atoms with Gasteiger partial charge in [-0.2, -0.15) is 0 Å². The van der Waals surface area contributed by atoms with Crippen molar-refractivity contribution in [3.05, 3.63) is 15.6 Å². The number of carbonyl (C=O) groups is 2. The lowest BCUT2D eigenvalue weighted by Crippen LogP contribution is -2.48. The molecule has 5 nitrogen and oxygen atoms in total. The predicted octanol–water partition coefficient (Wildman–Crippen LogP) is 2.62. The zero-order valence-electron chi connectivity index (χ0n) is 14.5. The maximum atomic E-state index is 13.0. The molecule has 4 aliphatic rings. The Balaban J connectivity index is 1.53. The SMILES string of the molecule is Cc1nc(C)c(C(=O)N2CC3CCC2CN(C(=O)C2CCC2)C3)s1. The molecule has 5 rings (SSSR count). The Kier molecular flexibility index (Phi) is 4.11. The molecule has 2 unspecified atom stereocenters. The second-order valence-electron chi connectivity index (χ2n) is 7.57. The van der Waals surface area contributed by atoms with Crippen LogP contribution in [0.15, 0.2) is 0 Å². The van der Waals surface area contributed by atoms with E-state index in [-0.39, 0.29) is 17.9 Å². The lowest BCUT2D eigenvalue weighted by molar-refractivity contribution is -0.138. The van der Waals surface area contributed by atoms with Crippen molar-refractivity contribution in [3.63, 3.8) is 0 Å². The highest BCUT2D eigenvalue weighted by Crippen LogP contribution is 2.34. The third kappa shape index (κ3) is 2.75. The molecule has 0 N–H and O–H groups in total. The Morgan fingerprint density at radius 3 is 2.50 bits per heavy atom. The molecule has 130 valence electrons. The molecular formula is C18H25N3O2S. The number of hydrogen-bond acceptors (Lipinski definition) is 4. The monoisotopic (exact) mass is 347 g/mol. The largest absolute Gasteiger partial charge is 0.340 e. The molecule has 4 fully saturated rings. The standard InChI is InChI=1S/C18H25N3O2S/c1-11-16(24-12(2)19-11)18(23)21-9-13-6-7-15(21)10-20(8-13)17(22)14-4-3-5-14/h13-15H,3-10H2,1-2H3. The molecule has 4 heterocycles. The molecule has 3 aliphatic heterocycles. The molecule has 1 saturated carbocycles. The van der Waals surface area contributed by atoms with Crippen molar-refractivity contribution >= 4 is 23.2 Å². The van der Waals surface area contributed by atoms with E-state index in [0.29, 0.717) is 18.4 Å². The van der Waals surface area contributed by atoms with Gasteiger partial charge in [-0.25, -0.2) is 4.98 Å². The van der Waals surface area contributed by atoms with Crippen LogP contribution >= 0.6 is 11.3 Å². The van der Waals surface area contributed by atoms with E-state index < -0.39 is 0 Å². The number of nitrogens with zero attached hydrogens (tertiary/aromatic N) is 3. The number of amides is 2. The van der Waals surface area contributed by atoms with E-state index in [9.17, 15) is 9.59 Å². The maximum absolute atomic E-state index is 13.0. The molecule has 0 spiro atoms. The number of fused-ring (bicyclic) bond motifs is 4. The molecule has 2 bridgehead atoms. The van der Waals surface area contributed by atoms with Gasteiger partial charge in [0.2, 0.25) is 5.91 Å². The van der Waals surface area contributed by atoms with Crippen LogP contribution in [0.5, 0.6) is 0 Å². The second kappa shape index (κ2) is 6.14. The topological polar surface area (TPSA) is 53.5 Å². The van der Waals surface area contributed by atoms with Crippen molar-refractivity contribution < 1.29 is 9.59 Å². The second-order valence-corrected chi connectivity index (χ2v) is 8.78. The fourth-order valence-electron chi connectivity index (χ4n) is 4.28. The summed E-state index contributed by atoms with van der Waals surface area (Å²) in [4.78, 5) is 35.0. The van der Waals surface area contributed by atoms with E-state index in [4.69, 9.17) is 0 Å². The summed E-state index contributed by atoms with van der Waals surface area (Å²) in [5.74, 6) is 1.12. The Morgan fingerprint density at radius 2 is 1.88 bits per heavy atom. The third-order valence-corrected chi connectivity index (χ3v) is 6.90. The van der Waals surface area contributed by atoms with Gasteiger partial charge in [-0.15, -0.1) is 11.3 Å². The highest BCUT2D eigenvalue weighted by molar-refractivity contribution is 7.13. The van der Waals surface area contributed by atoms with Crippen LogP contribution in [0.2, 0.25) is 0 Å². The van der Waals surface area contributed by atoms with E-state index in [1.54, 1.807) is 0 Å². The zero-order chi connectivity index (χ0) is 16.8. The molecular weight excluding hydrogens is 322 g/mol. The number of thiazole rings is 1. The van der Waals surface area contributed by atoms with Crippen LogP contribution in [-0.2, 0) is 4.79 Å². The smallest absolute Gasteiger partial charge is 0.266 e. The molecule has 1 aliphatic carbocycles. The van der Waals surface area contributed by atoms with Gasteiger partial charge in [0, 0.05) is 31.6 Å². The van der Waals surface area contributed by atoms with E-state index in [1.807, 2.05) is 18.7 Å². The molecule has 2 amide bonds. The van der Waals surface area contributed by atoms with Gasteiger partial charge >= 0.3 is 0 Å². The van der Waals surface area contributed by atoms with Crippen LogP contribution in [0.1, 0.15) is 52.5 Å². The number of carbonyl (C=O) groups excluding carboxylic acids is 2. The first kappa shape index (κ1) is 16.1. The first-order valence-corrected chi connectivity index (χ1v) is 9.88. The third-order valence-electron chi connectivity index (χ3n) is 5.84. The van der Waals surface area contributed by atoms with Gasteiger partial charge in [0.15, 0.2) is 0 Å². The van der Waals surface area contributed by atoms with Crippen molar-refractivity contribution in [2.24, 2.45) is 11.8 Å². The molecule has 1 aromatic rings. The van der Waals surface area contributed by atoms with E-state index in [1.165, 1.54) is 17.8 Å². The first-order chi connectivity index (χ1) is 11.5. The number of aryl methyl sites for hydroxylation is 2. The van der Waals surface area contributed by atoms with Crippen molar-refractivity contribution in [2.75, 3.05) is 19.6 Å². The summed E-state index contributed by atoms with van der Waals surface area (Å²) in [6.45, 7) is 6.19. The summed E-state index contributed by atoms with van der Waals surface area (Å²) >= 11 is 1.49. The number of hydrogen-bond donors (Lipinski definition) is 0. The normalized spacial score (nSPS) is 27.1. The minimum Gasteiger partial charge on any atom is -0.340 e. The van der Waals surface area contributed by atoms with E-state index >= 15 is 0 Å². The molecule has 6 heteroatoms. The van der Waals surface area contributed by atoms with Gasteiger partial charge in [-0.1, -0.05) is 6.42 Å². The number of aromatic nitrogens is 1. The Hall–Kier alpha value is -1.43. The van der Waals surface area contributed by atoms with Crippen LogP contribution < -0.4 is 0 Å². The average molecular weight is 347 g/mol. The molecule has 24 heavy (non-hydrogen) atoms. The fourth-order valence-corrected chi connectivity index (χ4v) is 5.16. The first-order valence-electron chi connectivity index (χ1n) is 9.06. The van der Waals surface area contributed by atoms with Crippen molar-refractivity contribution in [2.45, 2.75) is 52.0 Å². The van der Waals surface area contributed by atoms with Gasteiger partial charge in [0.25, 0.3) is 5.91 Å². The summed E-state index contributed by atoms with van der Waals surface area (Å²) in [7, 11) is 0. The summed E-state index contributed by atoms with van der Waals surface area (Å²) in [5, 5.41) is 0.942. The van der Waals surface area contributed by atoms with Gasteiger partial charge in [0.05, 0.1) is 10.7 Å². The van der Waals surface area contributed by atoms with Crippen LogP contribution in [0.4, 0.5) is 0 Å². The lowest BCUT2D eigenvalue weighted by Gasteiger charge is -2.36. The van der Waals surface area contributed by atoms with Crippen LogP contribution in [-0.4, -0.2) is 52.3 Å². The van der Waals surface area contributed by atoms with E-state index in [2.05, 4.69) is 9.88 Å². The summed E-state index contributed by atoms with van der Waals surface area (Å²) in [6, 6.07) is 0.169. The number of rotatable bonds is 2. The van der Waals surface area contributed by atoms with Gasteiger partial charge in [0.1, 0.15) is 4.88 Å². The highest BCUT2D eigenvalue weighted by atomic mass is 32.1. The summed E-state index contributed by atoms with van der Waals surface area (Å²) < 4.78 is 0. The lowest BCUT2D eigenvalue weighted by atomic mass is 9.84. The molecule has 1 aromatic heterocycles. The van der Waals surface area contributed by atoms with Gasteiger partial charge in [-0.05, 0) is 45.4 Å². The van der Waals surface area contributed by atoms with Crippen LogP contribution in [0, 0.1) is 25.7 Å². The Morgan fingerprint density at radius 1 is 1.08 bits per heavy atom. The van der Waals surface area contributed by atoms with Crippen molar-refractivity contribution in [1.82, 2.24) is 14.8 Å². The number of piperidine rings is 1.